The Morgan fingerprint density at radius 3 is 2.13 bits per heavy atom. The predicted octanol–water partition coefficient (Wildman–Crippen LogP) is 6.86. The molecule has 2 atom stereocenters. The molecule has 202 valence electrons. The maximum atomic E-state index is 12.8. The monoisotopic (exact) mass is 515 g/mol. The van der Waals surface area contributed by atoms with E-state index in [-0.39, 0.29) is 12.1 Å². The summed E-state index contributed by atoms with van der Waals surface area (Å²) in [6, 6.07) is 28.1. The Kier molecular flexibility index (Phi) is 9.59. The van der Waals surface area contributed by atoms with Gasteiger partial charge in [0.25, 0.3) is 0 Å². The van der Waals surface area contributed by atoms with Gasteiger partial charge in [0.15, 0.2) is 0 Å². The van der Waals surface area contributed by atoms with Gasteiger partial charge in [-0.3, -0.25) is 9.63 Å². The summed E-state index contributed by atoms with van der Waals surface area (Å²) in [4.78, 5) is 18.9. The lowest BCUT2D eigenvalue weighted by Gasteiger charge is -2.36. The van der Waals surface area contributed by atoms with Crippen molar-refractivity contribution in [1.29, 1.82) is 0 Å². The van der Waals surface area contributed by atoms with Gasteiger partial charge in [-0.2, -0.15) is 5.06 Å². The molecule has 1 aliphatic heterocycles. The van der Waals surface area contributed by atoms with Crippen molar-refractivity contribution in [2.45, 2.75) is 63.9 Å². The Morgan fingerprint density at radius 2 is 1.50 bits per heavy atom. The van der Waals surface area contributed by atoms with Gasteiger partial charge in [0.2, 0.25) is 0 Å². The summed E-state index contributed by atoms with van der Waals surface area (Å²) in [5.74, 6) is 0.914. The molecule has 1 saturated heterocycles. The molecule has 0 amide bonds. The maximum Gasteiger partial charge on any atom is 0.316 e. The molecule has 5 heteroatoms. The van der Waals surface area contributed by atoms with Gasteiger partial charge in [0.05, 0.1) is 18.1 Å². The smallest absolute Gasteiger partial charge is 0.316 e. The molecule has 4 rings (SSSR count). The van der Waals surface area contributed by atoms with Crippen LogP contribution in [0, 0.1) is 5.92 Å². The van der Waals surface area contributed by atoms with Gasteiger partial charge in [-0.1, -0.05) is 72.8 Å². The third kappa shape index (κ3) is 7.24. The van der Waals surface area contributed by atoms with Crippen molar-refractivity contribution in [2.24, 2.45) is 5.92 Å². The van der Waals surface area contributed by atoms with Crippen LogP contribution in [-0.4, -0.2) is 41.9 Å². The Morgan fingerprint density at radius 1 is 0.921 bits per heavy atom. The Bertz CT molecular complexity index is 1120. The number of ether oxygens (including phenoxy) is 1. The first-order valence-corrected chi connectivity index (χ1v) is 13.8. The van der Waals surface area contributed by atoms with Crippen molar-refractivity contribution in [3.63, 3.8) is 0 Å². The summed E-state index contributed by atoms with van der Waals surface area (Å²) >= 11 is 0. The number of hydrogen-bond donors (Lipinski definition) is 1. The summed E-state index contributed by atoms with van der Waals surface area (Å²) in [6.45, 7) is 8.18. The molecule has 0 aromatic heterocycles. The second-order valence-corrected chi connectivity index (χ2v) is 10.9. The van der Waals surface area contributed by atoms with E-state index in [0.717, 1.165) is 44.3 Å². The second kappa shape index (κ2) is 13.1. The number of benzene rings is 3. The Labute approximate surface area is 227 Å². The fourth-order valence-electron chi connectivity index (χ4n) is 5.34. The number of carbonyl (C=O) groups is 1. The van der Waals surface area contributed by atoms with Crippen molar-refractivity contribution in [1.82, 2.24) is 5.06 Å². The molecule has 0 spiro atoms. The highest BCUT2D eigenvalue weighted by Gasteiger charge is 2.32. The fraction of sp³-hybridized carbons (Fsp3) is 0.424. The zero-order valence-electron chi connectivity index (χ0n) is 22.9. The number of aromatic hydroxyl groups is 1. The first-order chi connectivity index (χ1) is 18.3. The van der Waals surface area contributed by atoms with E-state index in [1.54, 1.807) is 12.1 Å². The first kappa shape index (κ1) is 27.9. The molecular weight excluding hydrogens is 474 g/mol. The van der Waals surface area contributed by atoms with Crippen LogP contribution in [0.1, 0.15) is 69.1 Å². The molecule has 1 aliphatic rings. The molecule has 2 unspecified atom stereocenters. The van der Waals surface area contributed by atoms with Gasteiger partial charge in [-0.25, -0.2) is 0 Å². The average molecular weight is 516 g/mol. The number of hydrogen-bond acceptors (Lipinski definition) is 5. The standard InChI is InChI=1S/C33H41NO4/c1-25(38-32(36)33(2,3)29-14-8-5-9-15-29)11-10-24-37-34-22-20-28(21-23-34)31(26-12-6-4-7-13-26)27-16-18-30(35)19-17-27/h4-9,12-19,25,28,31,35H,10-11,20-24H2,1-3H3. The van der Waals surface area contributed by atoms with E-state index in [1.165, 1.54) is 11.1 Å². The van der Waals surface area contributed by atoms with E-state index >= 15 is 0 Å². The van der Waals surface area contributed by atoms with Crippen LogP contribution in [0.25, 0.3) is 0 Å². The predicted molar refractivity (Wildman–Crippen MR) is 151 cm³/mol. The molecule has 0 saturated carbocycles. The van der Waals surface area contributed by atoms with Gasteiger partial charge >= 0.3 is 5.97 Å². The van der Waals surface area contributed by atoms with Crippen molar-refractivity contribution in [3.05, 3.63) is 102 Å². The lowest BCUT2D eigenvalue weighted by molar-refractivity contribution is -0.177. The van der Waals surface area contributed by atoms with Crippen LogP contribution in [0.2, 0.25) is 0 Å². The number of hydroxylamine groups is 2. The third-order valence-corrected chi connectivity index (χ3v) is 7.72. The van der Waals surface area contributed by atoms with Crippen LogP contribution in [0.4, 0.5) is 0 Å². The molecule has 0 radical (unpaired) electrons. The number of phenols is 1. The summed E-state index contributed by atoms with van der Waals surface area (Å²) in [5, 5.41) is 11.9. The molecule has 3 aromatic carbocycles. The van der Waals surface area contributed by atoms with Gasteiger partial charge in [0.1, 0.15) is 5.75 Å². The quantitative estimate of drug-likeness (QED) is 0.223. The fourth-order valence-corrected chi connectivity index (χ4v) is 5.34. The van der Waals surface area contributed by atoms with E-state index < -0.39 is 5.41 Å². The Balaban J connectivity index is 1.21. The second-order valence-electron chi connectivity index (χ2n) is 10.9. The number of nitrogens with zero attached hydrogens (tertiary/aromatic N) is 1. The zero-order valence-corrected chi connectivity index (χ0v) is 22.9. The number of piperidine rings is 1. The SMILES string of the molecule is CC(CCCON1CCC(C(c2ccccc2)c2ccc(O)cc2)CC1)OC(=O)C(C)(C)c1ccccc1. The minimum absolute atomic E-state index is 0.156. The van der Waals surface area contributed by atoms with Crippen molar-refractivity contribution >= 4 is 5.97 Å². The molecule has 0 aliphatic carbocycles. The van der Waals surface area contributed by atoms with Crippen molar-refractivity contribution < 1.29 is 19.5 Å². The van der Waals surface area contributed by atoms with Gasteiger partial charge < -0.3 is 9.84 Å². The third-order valence-electron chi connectivity index (χ3n) is 7.72. The van der Waals surface area contributed by atoms with Crippen LogP contribution in [0.3, 0.4) is 0 Å². The van der Waals surface area contributed by atoms with Gasteiger partial charge in [-0.05, 0) is 81.2 Å². The highest BCUT2D eigenvalue weighted by Crippen LogP contribution is 2.38. The first-order valence-electron chi connectivity index (χ1n) is 13.8. The molecular formula is C33H41NO4. The zero-order chi connectivity index (χ0) is 27.0. The van der Waals surface area contributed by atoms with E-state index in [2.05, 4.69) is 35.4 Å². The van der Waals surface area contributed by atoms with Crippen LogP contribution >= 0.6 is 0 Å². The van der Waals surface area contributed by atoms with E-state index in [0.29, 0.717) is 24.2 Å². The molecule has 1 heterocycles. The lowest BCUT2D eigenvalue weighted by Crippen LogP contribution is -2.36. The minimum Gasteiger partial charge on any atom is -0.508 e. The highest BCUT2D eigenvalue weighted by atomic mass is 16.7. The number of phenolic OH excluding ortho intramolecular Hbond substituents is 1. The molecule has 1 N–H and O–H groups in total. The molecule has 0 bridgehead atoms. The molecule has 5 nitrogen and oxygen atoms in total. The lowest BCUT2D eigenvalue weighted by atomic mass is 9.76. The highest BCUT2D eigenvalue weighted by molar-refractivity contribution is 5.82. The van der Waals surface area contributed by atoms with E-state index in [4.69, 9.17) is 9.57 Å². The summed E-state index contributed by atoms with van der Waals surface area (Å²) < 4.78 is 5.77. The summed E-state index contributed by atoms with van der Waals surface area (Å²) in [6.07, 6.45) is 3.54. The van der Waals surface area contributed by atoms with E-state index in [9.17, 15) is 9.90 Å². The summed E-state index contributed by atoms with van der Waals surface area (Å²) in [5.41, 5.74) is 2.85. The number of rotatable bonds is 11. The molecule has 1 fully saturated rings. The normalized spacial score (nSPS) is 16.6. The minimum atomic E-state index is -0.673. The topological polar surface area (TPSA) is 59.0 Å². The van der Waals surface area contributed by atoms with Crippen molar-refractivity contribution in [3.8, 4) is 5.75 Å². The summed E-state index contributed by atoms with van der Waals surface area (Å²) in [7, 11) is 0. The van der Waals surface area contributed by atoms with Crippen LogP contribution in [-0.2, 0) is 19.8 Å². The molecule has 3 aromatic rings. The van der Waals surface area contributed by atoms with Gasteiger partial charge in [0, 0.05) is 19.0 Å². The average Bonchev–Trinajstić information content (AvgIpc) is 2.94. The van der Waals surface area contributed by atoms with Crippen molar-refractivity contribution in [2.75, 3.05) is 19.7 Å². The van der Waals surface area contributed by atoms with Crippen LogP contribution in [0.5, 0.6) is 5.75 Å². The number of esters is 1. The van der Waals surface area contributed by atoms with Gasteiger partial charge in [-0.15, -0.1) is 0 Å². The number of carbonyl (C=O) groups excluding carboxylic acids is 1. The van der Waals surface area contributed by atoms with Crippen LogP contribution in [0.15, 0.2) is 84.9 Å². The maximum absolute atomic E-state index is 12.8. The molecule has 38 heavy (non-hydrogen) atoms. The van der Waals surface area contributed by atoms with E-state index in [1.807, 2.05) is 63.2 Å². The van der Waals surface area contributed by atoms with Crippen LogP contribution < -0.4 is 0 Å². The Hall–Kier alpha value is -3.15. The largest absolute Gasteiger partial charge is 0.508 e.